The first-order valence-corrected chi connectivity index (χ1v) is 5.17. The summed E-state index contributed by atoms with van der Waals surface area (Å²) in [7, 11) is 0. The molecule has 0 saturated carbocycles. The molecule has 2 N–H and O–H groups in total. The van der Waals surface area contributed by atoms with Gasteiger partial charge in [0.05, 0.1) is 6.26 Å². The monoisotopic (exact) mass is 207 g/mol. The van der Waals surface area contributed by atoms with Crippen molar-refractivity contribution in [3.63, 3.8) is 0 Å². The highest BCUT2D eigenvalue weighted by Crippen LogP contribution is 2.24. The van der Waals surface area contributed by atoms with Crippen LogP contribution in [-0.2, 0) is 6.42 Å². The molecular weight excluding hydrogens is 193 g/mol. The lowest BCUT2D eigenvalue weighted by Crippen LogP contribution is -2.00. The number of aryl methyl sites for hydroxylation is 1. The van der Waals surface area contributed by atoms with Crippen molar-refractivity contribution in [2.24, 2.45) is 5.73 Å². The Kier molecular flexibility index (Phi) is 3.02. The third-order valence-corrected chi connectivity index (χ3v) is 2.57. The fourth-order valence-electron chi connectivity index (χ4n) is 1.78. The van der Waals surface area contributed by atoms with E-state index in [1.165, 1.54) is 6.07 Å². The van der Waals surface area contributed by atoms with Gasteiger partial charge in [-0.3, -0.25) is 0 Å². The van der Waals surface area contributed by atoms with Crippen LogP contribution in [0.1, 0.15) is 18.4 Å². The van der Waals surface area contributed by atoms with E-state index in [1.54, 1.807) is 12.3 Å². The van der Waals surface area contributed by atoms with Crippen LogP contribution in [0.2, 0.25) is 0 Å². The Morgan fingerprint density at radius 3 is 2.87 bits per heavy atom. The molecule has 2 nitrogen and oxygen atoms in total. The topological polar surface area (TPSA) is 39.2 Å². The van der Waals surface area contributed by atoms with E-state index in [-0.39, 0.29) is 5.82 Å². The van der Waals surface area contributed by atoms with Gasteiger partial charge >= 0.3 is 0 Å². The molecule has 0 bridgehead atoms. The molecule has 80 valence electrons. The maximum absolute atomic E-state index is 13.6. The van der Waals surface area contributed by atoms with Gasteiger partial charge in [0, 0.05) is 5.39 Å². The molecule has 1 heterocycles. The van der Waals surface area contributed by atoms with Gasteiger partial charge in [-0.25, -0.2) is 4.39 Å². The molecule has 0 spiro atoms. The standard InChI is InChI=1S/C12H14FNO/c13-11-4-5-12-10(6-8-15-12)9(11)3-1-2-7-14/h4-6,8H,1-3,7,14H2. The SMILES string of the molecule is NCCCCc1c(F)ccc2occc12. The average Bonchev–Trinajstić information content (AvgIpc) is 2.69. The second-order valence-corrected chi connectivity index (χ2v) is 3.60. The van der Waals surface area contributed by atoms with Crippen molar-refractivity contribution in [3.05, 3.63) is 35.8 Å². The molecule has 0 atom stereocenters. The van der Waals surface area contributed by atoms with E-state index in [9.17, 15) is 4.39 Å². The minimum absolute atomic E-state index is 0.152. The molecule has 0 radical (unpaired) electrons. The lowest BCUT2D eigenvalue weighted by atomic mass is 10.0. The van der Waals surface area contributed by atoms with Gasteiger partial charge in [0.1, 0.15) is 11.4 Å². The van der Waals surface area contributed by atoms with E-state index in [0.717, 1.165) is 35.8 Å². The first-order chi connectivity index (χ1) is 7.33. The Labute approximate surface area is 87.9 Å². The van der Waals surface area contributed by atoms with Crippen molar-refractivity contribution in [1.82, 2.24) is 0 Å². The molecule has 0 unspecified atom stereocenters. The van der Waals surface area contributed by atoms with E-state index >= 15 is 0 Å². The Hall–Kier alpha value is -1.35. The summed E-state index contributed by atoms with van der Waals surface area (Å²) in [6.07, 6.45) is 4.15. The minimum atomic E-state index is -0.152. The molecule has 3 heteroatoms. The van der Waals surface area contributed by atoms with E-state index in [4.69, 9.17) is 10.2 Å². The number of nitrogens with two attached hydrogens (primary N) is 1. The molecule has 0 aliphatic rings. The number of unbranched alkanes of at least 4 members (excludes halogenated alkanes) is 1. The molecule has 0 amide bonds. The third kappa shape index (κ3) is 2.02. The number of hydrogen-bond acceptors (Lipinski definition) is 2. The predicted octanol–water partition coefficient (Wildman–Crippen LogP) is 2.85. The highest BCUT2D eigenvalue weighted by atomic mass is 19.1. The van der Waals surface area contributed by atoms with Crippen molar-refractivity contribution in [2.75, 3.05) is 6.54 Å². The van der Waals surface area contributed by atoms with Crippen molar-refractivity contribution >= 4 is 11.0 Å². The van der Waals surface area contributed by atoms with Gasteiger partial charge < -0.3 is 10.2 Å². The molecule has 2 rings (SSSR count). The number of halogens is 1. The Morgan fingerprint density at radius 2 is 2.07 bits per heavy atom. The van der Waals surface area contributed by atoms with Crippen LogP contribution in [0.25, 0.3) is 11.0 Å². The van der Waals surface area contributed by atoms with Crippen LogP contribution in [0, 0.1) is 5.82 Å². The summed E-state index contributed by atoms with van der Waals surface area (Å²) in [5, 5.41) is 0.882. The summed E-state index contributed by atoms with van der Waals surface area (Å²) in [6, 6.07) is 4.94. The summed E-state index contributed by atoms with van der Waals surface area (Å²) in [4.78, 5) is 0. The number of rotatable bonds is 4. The number of hydrogen-bond donors (Lipinski definition) is 1. The zero-order valence-electron chi connectivity index (χ0n) is 8.50. The first kappa shape index (κ1) is 10.2. The Morgan fingerprint density at radius 1 is 1.20 bits per heavy atom. The van der Waals surface area contributed by atoms with Gasteiger partial charge in [0.15, 0.2) is 0 Å². The van der Waals surface area contributed by atoms with E-state index in [0.29, 0.717) is 6.54 Å². The predicted molar refractivity (Wildman–Crippen MR) is 58.2 cm³/mol. The third-order valence-electron chi connectivity index (χ3n) is 2.57. The van der Waals surface area contributed by atoms with Crippen molar-refractivity contribution in [2.45, 2.75) is 19.3 Å². The van der Waals surface area contributed by atoms with Crippen LogP contribution in [0.5, 0.6) is 0 Å². The fourth-order valence-corrected chi connectivity index (χ4v) is 1.78. The van der Waals surface area contributed by atoms with Gasteiger partial charge in [-0.1, -0.05) is 0 Å². The van der Waals surface area contributed by atoms with Crippen LogP contribution in [0.4, 0.5) is 4.39 Å². The summed E-state index contributed by atoms with van der Waals surface area (Å²) >= 11 is 0. The summed E-state index contributed by atoms with van der Waals surface area (Å²) in [5.41, 5.74) is 6.91. The molecule has 1 aromatic carbocycles. The summed E-state index contributed by atoms with van der Waals surface area (Å²) in [5.74, 6) is -0.152. The molecular formula is C12H14FNO. The van der Waals surface area contributed by atoms with Gasteiger partial charge in [0.2, 0.25) is 0 Å². The second kappa shape index (κ2) is 4.45. The lowest BCUT2D eigenvalue weighted by molar-refractivity contribution is 0.596. The highest BCUT2D eigenvalue weighted by molar-refractivity contribution is 5.81. The number of furan rings is 1. The molecule has 15 heavy (non-hydrogen) atoms. The molecule has 0 fully saturated rings. The lowest BCUT2D eigenvalue weighted by Gasteiger charge is -2.03. The normalized spacial score (nSPS) is 11.1. The van der Waals surface area contributed by atoms with Crippen molar-refractivity contribution < 1.29 is 8.81 Å². The van der Waals surface area contributed by atoms with Crippen LogP contribution >= 0.6 is 0 Å². The van der Waals surface area contributed by atoms with Crippen molar-refractivity contribution in [3.8, 4) is 0 Å². The van der Waals surface area contributed by atoms with Gasteiger partial charge in [-0.15, -0.1) is 0 Å². The summed E-state index contributed by atoms with van der Waals surface area (Å²) in [6.45, 7) is 0.656. The average molecular weight is 207 g/mol. The smallest absolute Gasteiger partial charge is 0.134 e. The minimum Gasteiger partial charge on any atom is -0.464 e. The van der Waals surface area contributed by atoms with E-state index < -0.39 is 0 Å². The van der Waals surface area contributed by atoms with Crippen LogP contribution in [0.3, 0.4) is 0 Å². The van der Waals surface area contributed by atoms with E-state index in [1.807, 2.05) is 6.07 Å². The zero-order chi connectivity index (χ0) is 10.7. The molecule has 0 saturated heterocycles. The molecule has 2 aromatic rings. The molecule has 1 aromatic heterocycles. The van der Waals surface area contributed by atoms with Crippen LogP contribution in [0.15, 0.2) is 28.9 Å². The number of fused-ring (bicyclic) bond motifs is 1. The van der Waals surface area contributed by atoms with E-state index in [2.05, 4.69) is 0 Å². The van der Waals surface area contributed by atoms with Gasteiger partial charge in [0.25, 0.3) is 0 Å². The maximum atomic E-state index is 13.6. The maximum Gasteiger partial charge on any atom is 0.134 e. The van der Waals surface area contributed by atoms with Crippen LogP contribution < -0.4 is 5.73 Å². The number of benzene rings is 1. The Bertz CT molecular complexity index is 450. The summed E-state index contributed by atoms with van der Waals surface area (Å²) < 4.78 is 18.8. The molecule has 0 aliphatic heterocycles. The molecule has 0 aliphatic carbocycles. The fraction of sp³-hybridized carbons (Fsp3) is 0.333. The first-order valence-electron chi connectivity index (χ1n) is 5.17. The highest BCUT2D eigenvalue weighted by Gasteiger charge is 2.08. The zero-order valence-corrected chi connectivity index (χ0v) is 8.50. The Balaban J connectivity index is 2.30. The van der Waals surface area contributed by atoms with Crippen molar-refractivity contribution in [1.29, 1.82) is 0 Å². The largest absolute Gasteiger partial charge is 0.464 e. The van der Waals surface area contributed by atoms with Gasteiger partial charge in [-0.05, 0) is 49.6 Å². The second-order valence-electron chi connectivity index (χ2n) is 3.60. The van der Waals surface area contributed by atoms with Gasteiger partial charge in [-0.2, -0.15) is 0 Å². The quantitative estimate of drug-likeness (QED) is 0.783. The van der Waals surface area contributed by atoms with Crippen LogP contribution in [-0.4, -0.2) is 6.54 Å².